The van der Waals surface area contributed by atoms with Crippen molar-refractivity contribution in [1.29, 1.82) is 0 Å². The lowest BCUT2D eigenvalue weighted by molar-refractivity contribution is -0.240. The molecule has 7 nitrogen and oxygen atoms in total. The molecule has 3 aromatic carbocycles. The van der Waals surface area contributed by atoms with Crippen molar-refractivity contribution in [3.63, 3.8) is 0 Å². The van der Waals surface area contributed by atoms with Crippen LogP contribution in [0, 0.1) is 9.49 Å². The highest BCUT2D eigenvalue weighted by atomic mass is 127. The molecule has 2 heterocycles. The number of aromatic amines is 1. The van der Waals surface area contributed by atoms with E-state index >= 15 is 0 Å². The predicted molar refractivity (Wildman–Crippen MR) is 161 cm³/mol. The van der Waals surface area contributed by atoms with Crippen molar-refractivity contribution in [3.05, 3.63) is 91.1 Å². The van der Waals surface area contributed by atoms with Crippen LogP contribution < -0.4 is 9.47 Å². The Hall–Kier alpha value is -2.95. The van der Waals surface area contributed by atoms with Gasteiger partial charge < -0.3 is 23.9 Å². The molecule has 0 aliphatic carbocycles. The van der Waals surface area contributed by atoms with Gasteiger partial charge in [-0.15, -0.1) is 0 Å². The Kier molecular flexibility index (Phi) is 8.22. The summed E-state index contributed by atoms with van der Waals surface area (Å²) in [7, 11) is 0. The first-order valence-electron chi connectivity index (χ1n) is 12.6. The Balaban J connectivity index is 1.60. The van der Waals surface area contributed by atoms with Crippen molar-refractivity contribution >= 4 is 68.6 Å². The summed E-state index contributed by atoms with van der Waals surface area (Å²) in [5, 5.41) is 1.78. The molecule has 0 amide bonds. The molecule has 1 aliphatic rings. The number of carbonyl (C=O) groups excluding carboxylic acids is 2. The first kappa shape index (κ1) is 28.6. The highest BCUT2D eigenvalue weighted by Gasteiger charge is 2.49. The number of carbonyl (C=O) groups is 2. The molecule has 4 aromatic rings. The summed E-state index contributed by atoms with van der Waals surface area (Å²) in [6.07, 6.45) is 1.82. The van der Waals surface area contributed by atoms with E-state index in [4.69, 9.17) is 42.1 Å². The summed E-state index contributed by atoms with van der Waals surface area (Å²) in [6, 6.07) is 16.7. The standard InChI is InChI=1S/C30H26Cl2INO6/c1-4-37-24-13-17(12-22(33)27(24)38-15-16-9-10-20(31)21(32)11-16)25(19-14-34-23-8-6-5-7-18(19)23)26-28(35)39-30(2,3)40-29(26)36/h5-14,25-26,34H,4,15H2,1-3H3/t25-/m1/s1. The number of nitrogens with one attached hydrogen (secondary N) is 1. The maximum Gasteiger partial charge on any atom is 0.324 e. The third-order valence-corrected chi connectivity index (χ3v) is 8.09. The number of hydrogen-bond donors (Lipinski definition) is 1. The van der Waals surface area contributed by atoms with Crippen molar-refractivity contribution in [2.45, 2.75) is 39.1 Å². The zero-order valence-corrected chi connectivity index (χ0v) is 25.6. The van der Waals surface area contributed by atoms with Gasteiger partial charge in [-0.25, -0.2) is 0 Å². The van der Waals surface area contributed by atoms with Crippen LogP contribution in [-0.4, -0.2) is 29.3 Å². The van der Waals surface area contributed by atoms with E-state index in [-0.39, 0.29) is 6.61 Å². The van der Waals surface area contributed by atoms with E-state index < -0.39 is 29.6 Å². The minimum Gasteiger partial charge on any atom is -0.490 e. The number of aromatic nitrogens is 1. The molecular formula is C30H26Cl2INO6. The number of H-pyrrole nitrogens is 1. The van der Waals surface area contributed by atoms with Gasteiger partial charge in [-0.2, -0.15) is 0 Å². The molecule has 1 aromatic heterocycles. The fraction of sp³-hybridized carbons (Fsp3) is 0.267. The van der Waals surface area contributed by atoms with E-state index in [0.29, 0.717) is 33.7 Å². The minimum absolute atomic E-state index is 0.231. The summed E-state index contributed by atoms with van der Waals surface area (Å²) >= 11 is 14.4. The van der Waals surface area contributed by atoms with Crippen LogP contribution in [-0.2, 0) is 25.7 Å². The van der Waals surface area contributed by atoms with Crippen LogP contribution in [0.3, 0.4) is 0 Å². The Bertz CT molecular complexity index is 1580. The molecule has 0 saturated carbocycles. The highest BCUT2D eigenvalue weighted by molar-refractivity contribution is 14.1. The second-order valence-corrected chi connectivity index (χ2v) is 11.8. The predicted octanol–water partition coefficient (Wildman–Crippen LogP) is 7.64. The molecule has 0 bridgehead atoms. The van der Waals surface area contributed by atoms with Crippen LogP contribution in [0.2, 0.25) is 10.0 Å². The number of esters is 2. The minimum atomic E-state index is -1.34. The average Bonchev–Trinajstić information content (AvgIpc) is 3.31. The normalized spacial score (nSPS) is 15.9. The van der Waals surface area contributed by atoms with E-state index in [0.717, 1.165) is 25.6 Å². The number of benzene rings is 3. The van der Waals surface area contributed by atoms with Gasteiger partial charge in [0.15, 0.2) is 17.4 Å². The molecule has 0 spiro atoms. The lowest BCUT2D eigenvalue weighted by Gasteiger charge is -2.36. The van der Waals surface area contributed by atoms with Crippen LogP contribution in [0.25, 0.3) is 10.9 Å². The van der Waals surface area contributed by atoms with Crippen LogP contribution in [0.15, 0.2) is 60.8 Å². The molecule has 1 saturated heterocycles. The second kappa shape index (κ2) is 11.5. The molecule has 1 aliphatic heterocycles. The number of hydrogen-bond acceptors (Lipinski definition) is 6. The Morgan fingerprint density at radius 1 is 1.00 bits per heavy atom. The molecule has 208 valence electrons. The van der Waals surface area contributed by atoms with Crippen molar-refractivity contribution in [1.82, 2.24) is 4.98 Å². The third-order valence-electron chi connectivity index (χ3n) is 6.55. The molecule has 1 fully saturated rings. The van der Waals surface area contributed by atoms with Gasteiger partial charge in [0.1, 0.15) is 6.61 Å². The smallest absolute Gasteiger partial charge is 0.324 e. The number of cyclic esters (lactones) is 2. The molecular weight excluding hydrogens is 668 g/mol. The molecule has 1 N–H and O–H groups in total. The van der Waals surface area contributed by atoms with Gasteiger partial charge in [-0.1, -0.05) is 47.5 Å². The molecule has 10 heteroatoms. The van der Waals surface area contributed by atoms with E-state index in [1.807, 2.05) is 55.6 Å². The Morgan fingerprint density at radius 3 is 2.42 bits per heavy atom. The quantitative estimate of drug-likeness (QED) is 0.116. The summed E-state index contributed by atoms with van der Waals surface area (Å²) in [5.74, 6) is -3.57. The number of ether oxygens (including phenoxy) is 4. The average molecular weight is 694 g/mol. The van der Waals surface area contributed by atoms with Crippen molar-refractivity contribution < 1.29 is 28.5 Å². The van der Waals surface area contributed by atoms with Crippen LogP contribution in [0.1, 0.15) is 43.4 Å². The summed E-state index contributed by atoms with van der Waals surface area (Å²) in [6.45, 7) is 5.56. The first-order valence-corrected chi connectivity index (χ1v) is 14.5. The van der Waals surface area contributed by atoms with Crippen molar-refractivity contribution in [3.8, 4) is 11.5 Å². The van der Waals surface area contributed by atoms with Crippen LogP contribution >= 0.6 is 45.8 Å². The summed E-state index contributed by atoms with van der Waals surface area (Å²) in [5.41, 5.74) is 3.15. The van der Waals surface area contributed by atoms with E-state index in [1.165, 1.54) is 13.8 Å². The maximum atomic E-state index is 13.3. The molecule has 0 radical (unpaired) electrons. The third kappa shape index (κ3) is 5.75. The molecule has 5 rings (SSSR count). The number of halogens is 3. The zero-order chi connectivity index (χ0) is 28.6. The van der Waals surface area contributed by atoms with E-state index in [2.05, 4.69) is 27.6 Å². The maximum absolute atomic E-state index is 13.3. The van der Waals surface area contributed by atoms with Gasteiger partial charge in [0, 0.05) is 36.9 Å². The Labute approximate surface area is 255 Å². The summed E-state index contributed by atoms with van der Waals surface area (Å²) < 4.78 is 24.0. The van der Waals surface area contributed by atoms with Gasteiger partial charge in [-0.3, -0.25) is 9.59 Å². The van der Waals surface area contributed by atoms with Gasteiger partial charge in [-0.05, 0) is 76.5 Å². The number of rotatable bonds is 8. The lowest BCUT2D eigenvalue weighted by Crippen LogP contribution is -2.48. The fourth-order valence-electron chi connectivity index (χ4n) is 4.86. The molecule has 1 atom stereocenters. The van der Waals surface area contributed by atoms with E-state index in [9.17, 15) is 9.59 Å². The fourth-order valence-corrected chi connectivity index (χ4v) is 5.96. The van der Waals surface area contributed by atoms with Crippen LogP contribution in [0.4, 0.5) is 0 Å². The number of para-hydroxylation sites is 1. The first-order chi connectivity index (χ1) is 19.1. The Morgan fingerprint density at radius 2 is 1.73 bits per heavy atom. The summed E-state index contributed by atoms with van der Waals surface area (Å²) in [4.78, 5) is 29.9. The van der Waals surface area contributed by atoms with Crippen molar-refractivity contribution in [2.24, 2.45) is 5.92 Å². The van der Waals surface area contributed by atoms with Crippen molar-refractivity contribution in [2.75, 3.05) is 6.61 Å². The molecule has 40 heavy (non-hydrogen) atoms. The van der Waals surface area contributed by atoms with Gasteiger partial charge >= 0.3 is 11.9 Å². The topological polar surface area (TPSA) is 86.9 Å². The van der Waals surface area contributed by atoms with Gasteiger partial charge in [0.25, 0.3) is 5.79 Å². The van der Waals surface area contributed by atoms with Crippen LogP contribution in [0.5, 0.6) is 11.5 Å². The highest BCUT2D eigenvalue weighted by Crippen LogP contribution is 2.45. The van der Waals surface area contributed by atoms with Gasteiger partial charge in [0.2, 0.25) is 0 Å². The lowest BCUT2D eigenvalue weighted by atomic mass is 9.80. The zero-order valence-electron chi connectivity index (χ0n) is 21.9. The van der Waals surface area contributed by atoms with Gasteiger partial charge in [0.05, 0.1) is 20.2 Å². The molecule has 0 unspecified atom stereocenters. The number of fused-ring (bicyclic) bond motifs is 1. The SMILES string of the molecule is CCOc1cc([C@H](c2c[nH]c3ccccc23)C2C(=O)OC(C)(C)OC2=O)cc(I)c1OCc1ccc(Cl)c(Cl)c1. The second-order valence-electron chi connectivity index (χ2n) is 9.79. The largest absolute Gasteiger partial charge is 0.490 e. The van der Waals surface area contributed by atoms with E-state index in [1.54, 1.807) is 12.1 Å². The monoisotopic (exact) mass is 693 g/mol.